The quantitative estimate of drug-likeness (QED) is 0.896. The van der Waals surface area contributed by atoms with Crippen LogP contribution in [0.1, 0.15) is 32.6 Å². The minimum Gasteiger partial charge on any atom is -0.381 e. The molecule has 2 saturated heterocycles. The number of hydrogen-bond donors (Lipinski definition) is 2. The molecule has 2 fully saturated rings. The fourth-order valence-corrected chi connectivity index (χ4v) is 3.46. The van der Waals surface area contributed by atoms with E-state index in [1.807, 2.05) is 12.1 Å². The zero-order valence-corrected chi connectivity index (χ0v) is 13.9. The highest BCUT2D eigenvalue weighted by molar-refractivity contribution is 5.90. The third-order valence-corrected chi connectivity index (χ3v) is 4.91. The molecule has 1 unspecified atom stereocenters. The Morgan fingerprint density at radius 2 is 2.00 bits per heavy atom. The summed E-state index contributed by atoms with van der Waals surface area (Å²) in [6, 6.07) is 8.16. The molecule has 2 heterocycles. The van der Waals surface area contributed by atoms with Crippen molar-refractivity contribution in [2.75, 3.05) is 36.5 Å². The van der Waals surface area contributed by atoms with Gasteiger partial charge in [-0.25, -0.2) is 4.79 Å². The lowest BCUT2D eigenvalue weighted by atomic mass is 9.93. The van der Waals surface area contributed by atoms with Crippen molar-refractivity contribution in [1.82, 2.24) is 5.32 Å². The Morgan fingerprint density at radius 1 is 1.26 bits per heavy atom. The summed E-state index contributed by atoms with van der Waals surface area (Å²) in [5, 5.41) is 6.04. The second kappa shape index (κ2) is 7.68. The molecule has 2 aliphatic heterocycles. The molecule has 2 amide bonds. The monoisotopic (exact) mass is 317 g/mol. The topological polar surface area (TPSA) is 53.6 Å². The summed E-state index contributed by atoms with van der Waals surface area (Å²) in [6.07, 6.45) is 4.54. The van der Waals surface area contributed by atoms with E-state index in [2.05, 4.69) is 34.6 Å². The van der Waals surface area contributed by atoms with E-state index < -0.39 is 0 Å². The van der Waals surface area contributed by atoms with Gasteiger partial charge in [0.1, 0.15) is 0 Å². The Kier molecular flexibility index (Phi) is 5.39. The van der Waals surface area contributed by atoms with Gasteiger partial charge in [0.15, 0.2) is 0 Å². The van der Waals surface area contributed by atoms with Crippen molar-refractivity contribution in [2.24, 2.45) is 5.92 Å². The van der Waals surface area contributed by atoms with Gasteiger partial charge in [-0.2, -0.15) is 0 Å². The standard InChI is InChI=1S/C18H27N3O2/c1-14(15-7-11-23-12-8-15)19-18(22)20-16-5-4-6-17(13-16)21-9-2-3-10-21/h4-6,13-15H,2-3,7-12H2,1H3,(H2,19,20,22). The Hall–Kier alpha value is -1.75. The Morgan fingerprint density at radius 3 is 2.74 bits per heavy atom. The van der Waals surface area contributed by atoms with Crippen molar-refractivity contribution in [3.8, 4) is 0 Å². The van der Waals surface area contributed by atoms with E-state index in [1.165, 1.54) is 18.5 Å². The zero-order valence-electron chi connectivity index (χ0n) is 13.9. The Balaban J connectivity index is 1.53. The van der Waals surface area contributed by atoms with Gasteiger partial charge in [0.25, 0.3) is 0 Å². The number of benzene rings is 1. The van der Waals surface area contributed by atoms with Crippen molar-refractivity contribution >= 4 is 17.4 Å². The summed E-state index contributed by atoms with van der Waals surface area (Å²) in [6.45, 7) is 5.90. The molecule has 2 aliphatic rings. The highest BCUT2D eigenvalue weighted by Gasteiger charge is 2.22. The van der Waals surface area contributed by atoms with Crippen molar-refractivity contribution in [3.05, 3.63) is 24.3 Å². The molecule has 0 aromatic heterocycles. The van der Waals surface area contributed by atoms with Gasteiger partial charge < -0.3 is 20.3 Å². The molecule has 0 bridgehead atoms. The molecule has 5 heteroatoms. The maximum atomic E-state index is 12.2. The lowest BCUT2D eigenvalue weighted by Crippen LogP contribution is -2.42. The molecular weight excluding hydrogens is 290 g/mol. The van der Waals surface area contributed by atoms with E-state index in [-0.39, 0.29) is 12.1 Å². The lowest BCUT2D eigenvalue weighted by molar-refractivity contribution is 0.0573. The van der Waals surface area contributed by atoms with Crippen LogP contribution in [-0.4, -0.2) is 38.4 Å². The van der Waals surface area contributed by atoms with Crippen LogP contribution in [-0.2, 0) is 4.74 Å². The number of anilines is 2. The third kappa shape index (κ3) is 4.38. The molecule has 3 rings (SSSR count). The fourth-order valence-electron chi connectivity index (χ4n) is 3.46. The molecule has 23 heavy (non-hydrogen) atoms. The number of urea groups is 1. The van der Waals surface area contributed by atoms with Crippen LogP contribution in [0.2, 0.25) is 0 Å². The highest BCUT2D eigenvalue weighted by atomic mass is 16.5. The molecule has 1 atom stereocenters. The molecule has 2 N–H and O–H groups in total. The van der Waals surface area contributed by atoms with Gasteiger partial charge in [-0.1, -0.05) is 6.07 Å². The van der Waals surface area contributed by atoms with Crippen LogP contribution in [0.15, 0.2) is 24.3 Å². The normalized spacial score (nSPS) is 20.3. The number of carbonyl (C=O) groups is 1. The van der Waals surface area contributed by atoms with Gasteiger partial charge in [0.05, 0.1) is 0 Å². The summed E-state index contributed by atoms with van der Waals surface area (Å²) in [7, 11) is 0. The number of nitrogens with one attached hydrogen (secondary N) is 2. The molecule has 0 radical (unpaired) electrons. The van der Waals surface area contributed by atoms with E-state index in [4.69, 9.17) is 4.74 Å². The molecule has 0 saturated carbocycles. The molecule has 1 aromatic carbocycles. The summed E-state index contributed by atoms with van der Waals surface area (Å²) >= 11 is 0. The minimum absolute atomic E-state index is 0.123. The largest absolute Gasteiger partial charge is 0.381 e. The van der Waals surface area contributed by atoms with Crippen LogP contribution < -0.4 is 15.5 Å². The zero-order chi connectivity index (χ0) is 16.1. The molecule has 126 valence electrons. The van der Waals surface area contributed by atoms with E-state index in [0.29, 0.717) is 5.92 Å². The average molecular weight is 317 g/mol. The Bertz CT molecular complexity index is 523. The van der Waals surface area contributed by atoms with E-state index in [1.54, 1.807) is 0 Å². The lowest BCUT2D eigenvalue weighted by Gasteiger charge is -2.28. The van der Waals surface area contributed by atoms with Crippen molar-refractivity contribution < 1.29 is 9.53 Å². The van der Waals surface area contributed by atoms with Gasteiger partial charge in [0, 0.05) is 43.7 Å². The summed E-state index contributed by atoms with van der Waals surface area (Å²) in [5.41, 5.74) is 2.05. The average Bonchev–Trinajstić information content (AvgIpc) is 3.10. The molecule has 5 nitrogen and oxygen atoms in total. The third-order valence-electron chi connectivity index (χ3n) is 4.91. The summed E-state index contributed by atoms with van der Waals surface area (Å²) < 4.78 is 5.38. The predicted octanol–water partition coefficient (Wildman–Crippen LogP) is 3.22. The van der Waals surface area contributed by atoms with Crippen LogP contribution in [0.3, 0.4) is 0 Å². The second-order valence-corrected chi connectivity index (χ2v) is 6.58. The van der Waals surface area contributed by atoms with E-state index >= 15 is 0 Å². The molecule has 1 aromatic rings. The first kappa shape index (κ1) is 16.1. The van der Waals surface area contributed by atoms with E-state index in [9.17, 15) is 4.79 Å². The number of carbonyl (C=O) groups excluding carboxylic acids is 1. The van der Waals surface area contributed by atoms with E-state index in [0.717, 1.165) is 44.8 Å². The number of amides is 2. The number of hydrogen-bond acceptors (Lipinski definition) is 3. The first-order valence-corrected chi connectivity index (χ1v) is 8.72. The molecule has 0 spiro atoms. The van der Waals surface area contributed by atoms with Crippen LogP contribution in [0.5, 0.6) is 0 Å². The van der Waals surface area contributed by atoms with Gasteiger partial charge >= 0.3 is 6.03 Å². The van der Waals surface area contributed by atoms with Gasteiger partial charge in [-0.15, -0.1) is 0 Å². The first-order chi connectivity index (χ1) is 11.2. The molecule has 0 aliphatic carbocycles. The van der Waals surface area contributed by atoms with Gasteiger partial charge in [0.2, 0.25) is 0 Å². The van der Waals surface area contributed by atoms with Crippen LogP contribution in [0.25, 0.3) is 0 Å². The summed E-state index contributed by atoms with van der Waals surface area (Å²) in [5.74, 6) is 0.505. The number of nitrogens with zero attached hydrogens (tertiary/aromatic N) is 1. The number of ether oxygens (including phenoxy) is 1. The highest BCUT2D eigenvalue weighted by Crippen LogP contribution is 2.23. The van der Waals surface area contributed by atoms with Crippen LogP contribution in [0.4, 0.5) is 16.2 Å². The van der Waals surface area contributed by atoms with Crippen LogP contribution in [0, 0.1) is 5.92 Å². The van der Waals surface area contributed by atoms with Gasteiger partial charge in [-0.3, -0.25) is 0 Å². The number of rotatable bonds is 4. The first-order valence-electron chi connectivity index (χ1n) is 8.72. The maximum absolute atomic E-state index is 12.2. The van der Waals surface area contributed by atoms with Crippen LogP contribution >= 0.6 is 0 Å². The maximum Gasteiger partial charge on any atom is 0.319 e. The predicted molar refractivity (Wildman–Crippen MR) is 93.0 cm³/mol. The summed E-state index contributed by atoms with van der Waals surface area (Å²) in [4.78, 5) is 14.6. The second-order valence-electron chi connectivity index (χ2n) is 6.58. The van der Waals surface area contributed by atoms with Crippen molar-refractivity contribution in [3.63, 3.8) is 0 Å². The van der Waals surface area contributed by atoms with Crippen molar-refractivity contribution in [2.45, 2.75) is 38.6 Å². The SMILES string of the molecule is CC(NC(=O)Nc1cccc(N2CCCC2)c1)C1CCOCC1. The van der Waals surface area contributed by atoms with Gasteiger partial charge in [-0.05, 0) is 56.7 Å². The Labute approximate surface area is 138 Å². The fraction of sp³-hybridized carbons (Fsp3) is 0.611. The minimum atomic E-state index is -0.123. The molecular formula is C18H27N3O2. The smallest absolute Gasteiger partial charge is 0.319 e. The van der Waals surface area contributed by atoms with Crippen molar-refractivity contribution in [1.29, 1.82) is 0 Å².